The Morgan fingerprint density at radius 2 is 2.00 bits per heavy atom. The quantitative estimate of drug-likeness (QED) is 0.412. The highest BCUT2D eigenvalue weighted by Crippen LogP contribution is 2.23. The number of rotatable bonds is 6. The molecule has 0 fully saturated rings. The lowest BCUT2D eigenvalue weighted by Gasteiger charge is -2.12. The standard InChI is InChI=1S/C12H17FOS/c1-3-4-9-14-10(2)15-12-7-5-11(13)6-8-12/h5-8,10H,3-4,9H2,1-2H3. The van der Waals surface area contributed by atoms with E-state index in [9.17, 15) is 4.39 Å². The monoisotopic (exact) mass is 228 g/mol. The minimum atomic E-state index is -0.195. The average molecular weight is 228 g/mol. The lowest BCUT2D eigenvalue weighted by molar-refractivity contribution is 0.121. The zero-order chi connectivity index (χ0) is 11.1. The first-order chi connectivity index (χ1) is 7.22. The summed E-state index contributed by atoms with van der Waals surface area (Å²) in [6.45, 7) is 4.96. The van der Waals surface area contributed by atoms with Crippen molar-refractivity contribution in [1.29, 1.82) is 0 Å². The van der Waals surface area contributed by atoms with Crippen LogP contribution in [-0.2, 0) is 4.74 Å². The van der Waals surface area contributed by atoms with Crippen LogP contribution in [0.4, 0.5) is 4.39 Å². The van der Waals surface area contributed by atoms with E-state index < -0.39 is 0 Å². The molecular formula is C12H17FOS. The van der Waals surface area contributed by atoms with Crippen molar-refractivity contribution in [3.8, 4) is 0 Å². The van der Waals surface area contributed by atoms with E-state index in [4.69, 9.17) is 4.74 Å². The number of hydrogen-bond acceptors (Lipinski definition) is 2. The molecule has 1 rings (SSSR count). The van der Waals surface area contributed by atoms with Crippen molar-refractivity contribution < 1.29 is 9.13 Å². The molecule has 0 radical (unpaired) electrons. The second-order valence-electron chi connectivity index (χ2n) is 3.36. The summed E-state index contributed by atoms with van der Waals surface area (Å²) in [5.41, 5.74) is 0.127. The third-order valence-electron chi connectivity index (χ3n) is 1.97. The number of hydrogen-bond donors (Lipinski definition) is 0. The van der Waals surface area contributed by atoms with Crippen LogP contribution in [0.2, 0.25) is 0 Å². The third-order valence-corrected chi connectivity index (χ3v) is 2.98. The molecule has 1 unspecified atom stereocenters. The molecule has 1 nitrogen and oxygen atoms in total. The van der Waals surface area contributed by atoms with Gasteiger partial charge in [-0.2, -0.15) is 0 Å². The molecule has 0 aromatic heterocycles. The smallest absolute Gasteiger partial charge is 0.123 e. The van der Waals surface area contributed by atoms with Gasteiger partial charge in [-0.05, 0) is 37.6 Å². The van der Waals surface area contributed by atoms with E-state index in [1.807, 2.05) is 6.92 Å². The summed E-state index contributed by atoms with van der Waals surface area (Å²) in [7, 11) is 0. The van der Waals surface area contributed by atoms with Gasteiger partial charge in [0.2, 0.25) is 0 Å². The Morgan fingerprint density at radius 1 is 1.33 bits per heavy atom. The number of benzene rings is 1. The maximum absolute atomic E-state index is 12.6. The summed E-state index contributed by atoms with van der Waals surface area (Å²) >= 11 is 1.61. The van der Waals surface area contributed by atoms with Gasteiger partial charge in [0.15, 0.2) is 0 Å². The van der Waals surface area contributed by atoms with Crippen LogP contribution in [0.5, 0.6) is 0 Å². The molecule has 15 heavy (non-hydrogen) atoms. The van der Waals surface area contributed by atoms with Crippen molar-refractivity contribution in [2.24, 2.45) is 0 Å². The molecule has 0 amide bonds. The first-order valence-corrected chi connectivity index (χ1v) is 6.14. The Balaban J connectivity index is 2.31. The molecule has 1 atom stereocenters. The fraction of sp³-hybridized carbons (Fsp3) is 0.500. The van der Waals surface area contributed by atoms with Crippen molar-refractivity contribution in [3.63, 3.8) is 0 Å². The van der Waals surface area contributed by atoms with E-state index in [0.29, 0.717) is 0 Å². The van der Waals surface area contributed by atoms with Crippen LogP contribution in [0.15, 0.2) is 29.2 Å². The molecule has 1 aromatic rings. The first kappa shape index (κ1) is 12.5. The summed E-state index contributed by atoms with van der Waals surface area (Å²) in [5.74, 6) is -0.195. The van der Waals surface area contributed by atoms with Crippen LogP contribution in [0, 0.1) is 5.82 Å². The molecule has 0 aliphatic heterocycles. The molecule has 0 spiro atoms. The largest absolute Gasteiger partial charge is 0.368 e. The minimum absolute atomic E-state index is 0.127. The van der Waals surface area contributed by atoms with E-state index in [1.54, 1.807) is 23.9 Å². The number of ether oxygens (including phenoxy) is 1. The molecular weight excluding hydrogens is 211 g/mol. The van der Waals surface area contributed by atoms with Gasteiger partial charge in [0.1, 0.15) is 11.3 Å². The topological polar surface area (TPSA) is 9.23 Å². The predicted molar refractivity (Wildman–Crippen MR) is 62.6 cm³/mol. The first-order valence-electron chi connectivity index (χ1n) is 5.26. The Kier molecular flexibility index (Phi) is 5.73. The van der Waals surface area contributed by atoms with Crippen LogP contribution in [0.25, 0.3) is 0 Å². The molecule has 0 aliphatic carbocycles. The maximum Gasteiger partial charge on any atom is 0.123 e. The van der Waals surface area contributed by atoms with Gasteiger partial charge in [0.05, 0.1) is 0 Å². The molecule has 0 saturated carbocycles. The third kappa shape index (κ3) is 5.19. The summed E-state index contributed by atoms with van der Waals surface area (Å²) in [6.07, 6.45) is 2.24. The number of unbranched alkanes of at least 4 members (excludes halogenated alkanes) is 1. The lowest BCUT2D eigenvalue weighted by Crippen LogP contribution is -2.04. The van der Waals surface area contributed by atoms with Gasteiger partial charge in [-0.3, -0.25) is 0 Å². The zero-order valence-electron chi connectivity index (χ0n) is 9.20. The highest BCUT2D eigenvalue weighted by Gasteiger charge is 2.03. The summed E-state index contributed by atoms with van der Waals surface area (Å²) < 4.78 is 18.2. The number of thioether (sulfide) groups is 1. The lowest BCUT2D eigenvalue weighted by atomic mass is 10.4. The molecule has 0 heterocycles. The van der Waals surface area contributed by atoms with Crippen LogP contribution >= 0.6 is 11.8 Å². The molecule has 3 heteroatoms. The average Bonchev–Trinajstić information content (AvgIpc) is 2.22. The number of halogens is 1. The second-order valence-corrected chi connectivity index (χ2v) is 4.73. The van der Waals surface area contributed by atoms with Gasteiger partial charge in [-0.15, -0.1) is 0 Å². The van der Waals surface area contributed by atoms with Gasteiger partial charge >= 0.3 is 0 Å². The van der Waals surface area contributed by atoms with Crippen molar-refractivity contribution >= 4 is 11.8 Å². The fourth-order valence-corrected chi connectivity index (χ4v) is 1.97. The molecule has 1 aromatic carbocycles. The Hall–Kier alpha value is -0.540. The highest BCUT2D eigenvalue weighted by molar-refractivity contribution is 7.99. The predicted octanol–water partition coefficient (Wildman–Crippen LogP) is 4.08. The molecule has 0 N–H and O–H groups in total. The van der Waals surface area contributed by atoms with E-state index >= 15 is 0 Å². The van der Waals surface area contributed by atoms with E-state index in [0.717, 1.165) is 24.3 Å². The molecule has 84 valence electrons. The Bertz CT molecular complexity index is 273. The van der Waals surface area contributed by atoms with Gasteiger partial charge in [0, 0.05) is 11.5 Å². The second kappa shape index (κ2) is 6.85. The van der Waals surface area contributed by atoms with Crippen LogP contribution in [-0.4, -0.2) is 12.0 Å². The van der Waals surface area contributed by atoms with E-state index in [-0.39, 0.29) is 11.3 Å². The van der Waals surface area contributed by atoms with Crippen molar-refractivity contribution in [2.75, 3.05) is 6.61 Å². The highest BCUT2D eigenvalue weighted by atomic mass is 32.2. The SMILES string of the molecule is CCCCOC(C)Sc1ccc(F)cc1. The van der Waals surface area contributed by atoms with Gasteiger partial charge in [0.25, 0.3) is 0 Å². The fourth-order valence-electron chi connectivity index (χ4n) is 1.13. The minimum Gasteiger partial charge on any atom is -0.368 e. The Labute approximate surface area is 95.0 Å². The van der Waals surface area contributed by atoms with Gasteiger partial charge < -0.3 is 4.74 Å². The Morgan fingerprint density at radius 3 is 2.60 bits per heavy atom. The van der Waals surface area contributed by atoms with Crippen LogP contribution in [0.1, 0.15) is 26.7 Å². The normalized spacial score (nSPS) is 12.7. The van der Waals surface area contributed by atoms with E-state index in [2.05, 4.69) is 6.92 Å². The summed E-state index contributed by atoms with van der Waals surface area (Å²) in [6, 6.07) is 6.50. The van der Waals surface area contributed by atoms with Crippen molar-refractivity contribution in [2.45, 2.75) is 37.0 Å². The van der Waals surface area contributed by atoms with Crippen LogP contribution in [0.3, 0.4) is 0 Å². The van der Waals surface area contributed by atoms with Crippen molar-refractivity contribution in [3.05, 3.63) is 30.1 Å². The van der Waals surface area contributed by atoms with Gasteiger partial charge in [-0.1, -0.05) is 25.1 Å². The summed E-state index contributed by atoms with van der Waals surface area (Å²) in [5, 5.41) is 0. The maximum atomic E-state index is 12.6. The molecule has 0 bridgehead atoms. The van der Waals surface area contributed by atoms with Crippen molar-refractivity contribution in [1.82, 2.24) is 0 Å². The zero-order valence-corrected chi connectivity index (χ0v) is 10.0. The van der Waals surface area contributed by atoms with Crippen LogP contribution < -0.4 is 0 Å². The van der Waals surface area contributed by atoms with E-state index in [1.165, 1.54) is 12.1 Å². The summed E-state index contributed by atoms with van der Waals surface area (Å²) in [4.78, 5) is 1.04. The molecule has 0 aliphatic rings. The van der Waals surface area contributed by atoms with Gasteiger partial charge in [-0.25, -0.2) is 4.39 Å². The molecule has 0 saturated heterocycles.